The van der Waals surface area contributed by atoms with Gasteiger partial charge in [-0.2, -0.15) is 0 Å². The third-order valence-corrected chi connectivity index (χ3v) is 4.85. The molecule has 0 N–H and O–H groups in total. The van der Waals surface area contributed by atoms with E-state index in [1.165, 1.54) is 5.56 Å². The molecule has 28 heavy (non-hydrogen) atoms. The van der Waals surface area contributed by atoms with E-state index < -0.39 is 0 Å². The van der Waals surface area contributed by atoms with Crippen molar-refractivity contribution in [3.8, 4) is 28.4 Å². The molecule has 0 radical (unpaired) electrons. The zero-order chi connectivity index (χ0) is 19.1. The van der Waals surface area contributed by atoms with Crippen LogP contribution in [0.3, 0.4) is 0 Å². The second-order valence-electron chi connectivity index (χ2n) is 6.73. The number of hydrogen-bond acceptors (Lipinski definition) is 4. The van der Waals surface area contributed by atoms with Crippen molar-refractivity contribution >= 4 is 16.7 Å². The first-order valence-electron chi connectivity index (χ1n) is 9.10. The van der Waals surface area contributed by atoms with E-state index in [9.17, 15) is 0 Å². The molecule has 5 rings (SSSR count). The van der Waals surface area contributed by atoms with Crippen molar-refractivity contribution in [3.63, 3.8) is 0 Å². The van der Waals surface area contributed by atoms with Crippen LogP contribution in [-0.2, 0) is 0 Å². The van der Waals surface area contributed by atoms with Crippen molar-refractivity contribution in [2.75, 3.05) is 7.11 Å². The summed E-state index contributed by atoms with van der Waals surface area (Å²) in [5.41, 5.74) is 6.51. The molecule has 5 heteroatoms. The molecule has 2 heterocycles. The van der Waals surface area contributed by atoms with Crippen LogP contribution in [0.15, 0.2) is 72.8 Å². The first-order chi connectivity index (χ1) is 13.7. The summed E-state index contributed by atoms with van der Waals surface area (Å²) < 4.78 is 7.52. The Labute approximate surface area is 162 Å². The number of rotatable bonds is 3. The topological polar surface area (TPSA) is 52.3 Å². The minimum Gasteiger partial charge on any atom is -0.497 e. The molecule has 5 nitrogen and oxygen atoms in total. The van der Waals surface area contributed by atoms with E-state index in [-0.39, 0.29) is 0 Å². The van der Waals surface area contributed by atoms with Crippen molar-refractivity contribution < 1.29 is 4.74 Å². The van der Waals surface area contributed by atoms with Crippen LogP contribution >= 0.6 is 0 Å². The maximum absolute atomic E-state index is 5.45. The molecular formula is C23H18N4O. The van der Waals surface area contributed by atoms with Gasteiger partial charge < -0.3 is 4.74 Å². The largest absolute Gasteiger partial charge is 0.497 e. The maximum Gasteiger partial charge on any atom is 0.188 e. The summed E-state index contributed by atoms with van der Waals surface area (Å²) in [6.45, 7) is 2.07. The van der Waals surface area contributed by atoms with Crippen molar-refractivity contribution in [2.24, 2.45) is 0 Å². The van der Waals surface area contributed by atoms with Gasteiger partial charge >= 0.3 is 0 Å². The van der Waals surface area contributed by atoms with Gasteiger partial charge in [-0.3, -0.25) is 4.40 Å². The van der Waals surface area contributed by atoms with E-state index in [2.05, 4.69) is 39.7 Å². The van der Waals surface area contributed by atoms with Crippen LogP contribution in [0.4, 0.5) is 0 Å². The van der Waals surface area contributed by atoms with E-state index >= 15 is 0 Å². The second kappa shape index (κ2) is 6.46. The molecule has 0 saturated heterocycles. The first kappa shape index (κ1) is 16.4. The highest BCUT2D eigenvalue weighted by atomic mass is 16.5. The number of nitrogens with zero attached hydrogens (tertiary/aromatic N) is 4. The van der Waals surface area contributed by atoms with Crippen LogP contribution in [0.25, 0.3) is 39.3 Å². The van der Waals surface area contributed by atoms with E-state index in [1.54, 1.807) is 7.11 Å². The van der Waals surface area contributed by atoms with Gasteiger partial charge in [0.25, 0.3) is 0 Å². The minimum atomic E-state index is 0.725. The maximum atomic E-state index is 5.45. The van der Waals surface area contributed by atoms with Crippen LogP contribution in [0.2, 0.25) is 0 Å². The van der Waals surface area contributed by atoms with Crippen molar-refractivity contribution in [3.05, 3.63) is 78.4 Å². The lowest BCUT2D eigenvalue weighted by Gasteiger charge is -2.10. The highest BCUT2D eigenvalue weighted by molar-refractivity contribution is 5.88. The number of fused-ring (bicyclic) bond motifs is 3. The molecular weight excluding hydrogens is 348 g/mol. The van der Waals surface area contributed by atoms with Crippen molar-refractivity contribution in [1.29, 1.82) is 0 Å². The Morgan fingerprint density at radius 1 is 0.821 bits per heavy atom. The standard InChI is InChI=1S/C23H18N4O/c1-15-7-6-10-17(13-15)22-25-26-23-21(16-8-4-3-5-9-16)24-19-12-11-18(28-2)14-20(19)27(22)23/h3-14H,1-2H3. The number of aromatic nitrogens is 4. The normalized spacial score (nSPS) is 11.2. The molecule has 0 amide bonds. The summed E-state index contributed by atoms with van der Waals surface area (Å²) in [5, 5.41) is 9.05. The Morgan fingerprint density at radius 3 is 2.43 bits per heavy atom. The fourth-order valence-electron chi connectivity index (χ4n) is 3.50. The molecule has 0 aliphatic carbocycles. The zero-order valence-corrected chi connectivity index (χ0v) is 15.6. The second-order valence-corrected chi connectivity index (χ2v) is 6.73. The quantitative estimate of drug-likeness (QED) is 0.454. The molecule has 0 atom stereocenters. The van der Waals surface area contributed by atoms with Gasteiger partial charge in [0.1, 0.15) is 11.4 Å². The third-order valence-electron chi connectivity index (χ3n) is 4.85. The summed E-state index contributed by atoms with van der Waals surface area (Å²) in [5.74, 6) is 1.56. The fourth-order valence-corrected chi connectivity index (χ4v) is 3.50. The van der Waals surface area contributed by atoms with E-state index in [1.807, 2.05) is 54.6 Å². The van der Waals surface area contributed by atoms with Crippen LogP contribution in [0.5, 0.6) is 5.75 Å². The summed E-state index contributed by atoms with van der Waals surface area (Å²) in [6, 6.07) is 24.2. The molecule has 0 aliphatic heterocycles. The SMILES string of the molecule is COc1ccc2nc(-c3ccccc3)c3nnc(-c4cccc(C)c4)n3c2c1. The van der Waals surface area contributed by atoms with Gasteiger partial charge in [-0.1, -0.05) is 54.1 Å². The molecule has 0 aliphatic rings. The Bertz CT molecular complexity index is 1310. The Hall–Kier alpha value is -3.73. The predicted molar refractivity (Wildman–Crippen MR) is 110 cm³/mol. The smallest absolute Gasteiger partial charge is 0.188 e. The molecule has 0 unspecified atom stereocenters. The average Bonchev–Trinajstić information content (AvgIpc) is 3.19. The van der Waals surface area contributed by atoms with Gasteiger partial charge in [0.15, 0.2) is 11.5 Å². The molecule has 5 aromatic rings. The average molecular weight is 366 g/mol. The van der Waals surface area contributed by atoms with Crippen molar-refractivity contribution in [2.45, 2.75) is 6.92 Å². The first-order valence-corrected chi connectivity index (χ1v) is 9.10. The van der Waals surface area contributed by atoms with Crippen LogP contribution in [0.1, 0.15) is 5.56 Å². The number of ether oxygens (including phenoxy) is 1. The number of aryl methyl sites for hydroxylation is 1. The van der Waals surface area contributed by atoms with Gasteiger partial charge in [0.05, 0.1) is 18.1 Å². The zero-order valence-electron chi connectivity index (χ0n) is 15.6. The Balaban J connectivity index is 1.91. The van der Waals surface area contributed by atoms with Gasteiger partial charge in [0, 0.05) is 17.2 Å². The van der Waals surface area contributed by atoms with E-state index in [4.69, 9.17) is 9.72 Å². The summed E-state index contributed by atoms with van der Waals surface area (Å²) in [6.07, 6.45) is 0. The number of benzene rings is 3. The number of methoxy groups -OCH3 is 1. The Morgan fingerprint density at radius 2 is 1.64 bits per heavy atom. The van der Waals surface area contributed by atoms with E-state index in [0.717, 1.165) is 45.1 Å². The van der Waals surface area contributed by atoms with E-state index in [0.29, 0.717) is 0 Å². The predicted octanol–water partition coefficient (Wildman–Crippen LogP) is 4.93. The third kappa shape index (κ3) is 2.60. The number of hydrogen-bond donors (Lipinski definition) is 0. The molecule has 0 fully saturated rings. The molecule has 0 saturated carbocycles. The monoisotopic (exact) mass is 366 g/mol. The Kier molecular flexibility index (Phi) is 3.79. The van der Waals surface area contributed by atoms with Gasteiger partial charge in [-0.05, 0) is 25.1 Å². The van der Waals surface area contributed by atoms with Crippen LogP contribution in [0, 0.1) is 6.92 Å². The summed E-state index contributed by atoms with van der Waals surface area (Å²) in [4.78, 5) is 4.89. The molecule has 3 aromatic carbocycles. The molecule has 0 bridgehead atoms. The highest BCUT2D eigenvalue weighted by Gasteiger charge is 2.18. The summed E-state index contributed by atoms with van der Waals surface area (Å²) >= 11 is 0. The lowest BCUT2D eigenvalue weighted by atomic mass is 10.1. The molecule has 2 aromatic heterocycles. The van der Waals surface area contributed by atoms with Gasteiger partial charge in [0.2, 0.25) is 0 Å². The van der Waals surface area contributed by atoms with Crippen molar-refractivity contribution in [1.82, 2.24) is 19.6 Å². The lowest BCUT2D eigenvalue weighted by molar-refractivity contribution is 0.415. The molecule has 0 spiro atoms. The summed E-state index contributed by atoms with van der Waals surface area (Å²) in [7, 11) is 1.66. The van der Waals surface area contributed by atoms with Crippen LogP contribution in [-0.4, -0.2) is 26.7 Å². The minimum absolute atomic E-state index is 0.725. The van der Waals surface area contributed by atoms with Gasteiger partial charge in [-0.25, -0.2) is 4.98 Å². The van der Waals surface area contributed by atoms with Gasteiger partial charge in [-0.15, -0.1) is 10.2 Å². The highest BCUT2D eigenvalue weighted by Crippen LogP contribution is 2.31. The van der Waals surface area contributed by atoms with Crippen LogP contribution < -0.4 is 4.74 Å². The lowest BCUT2D eigenvalue weighted by Crippen LogP contribution is -1.98. The fraction of sp³-hybridized carbons (Fsp3) is 0.0870. The molecule has 136 valence electrons.